The summed E-state index contributed by atoms with van der Waals surface area (Å²) in [5.74, 6) is -0.837. The molecular formula is C29H29FN6O5. The van der Waals surface area contributed by atoms with Gasteiger partial charge in [-0.2, -0.15) is 0 Å². The van der Waals surface area contributed by atoms with Crippen molar-refractivity contribution in [3.63, 3.8) is 0 Å². The average molecular weight is 561 g/mol. The summed E-state index contributed by atoms with van der Waals surface area (Å²) in [5, 5.41) is 14.7. The lowest BCUT2D eigenvalue weighted by atomic mass is 9.92. The minimum absolute atomic E-state index is 0.0894. The number of carbonyl (C=O) groups excluding carboxylic acids is 1. The zero-order valence-corrected chi connectivity index (χ0v) is 22.3. The van der Waals surface area contributed by atoms with E-state index in [0.29, 0.717) is 53.8 Å². The highest BCUT2D eigenvalue weighted by Gasteiger charge is 2.35. The number of imidazole rings is 1. The van der Waals surface area contributed by atoms with Crippen LogP contribution in [0.5, 0.6) is 0 Å². The monoisotopic (exact) mass is 560 g/mol. The van der Waals surface area contributed by atoms with Gasteiger partial charge in [-0.15, -0.1) is 0 Å². The smallest absolute Gasteiger partial charge is 0.305 e. The molecule has 0 atom stereocenters. The van der Waals surface area contributed by atoms with Crippen molar-refractivity contribution in [2.75, 3.05) is 31.6 Å². The summed E-state index contributed by atoms with van der Waals surface area (Å²) >= 11 is 0. The molecule has 11 nitrogen and oxygen atoms in total. The van der Waals surface area contributed by atoms with Crippen molar-refractivity contribution < 1.29 is 28.6 Å². The Kier molecular flexibility index (Phi) is 8.31. The Morgan fingerprint density at radius 3 is 2.51 bits per heavy atom. The predicted octanol–water partition coefficient (Wildman–Crippen LogP) is 4.04. The summed E-state index contributed by atoms with van der Waals surface area (Å²) in [5.41, 5.74) is 2.29. The van der Waals surface area contributed by atoms with E-state index in [0.717, 1.165) is 0 Å². The van der Waals surface area contributed by atoms with Crippen molar-refractivity contribution >= 4 is 17.8 Å². The molecule has 1 amide bonds. The molecule has 0 radical (unpaired) electrons. The van der Waals surface area contributed by atoms with Gasteiger partial charge in [0.25, 0.3) is 5.91 Å². The van der Waals surface area contributed by atoms with Crippen molar-refractivity contribution in [3.8, 4) is 22.6 Å². The number of nitrogens with zero attached hydrogens (tertiary/aromatic N) is 3. The zero-order valence-electron chi connectivity index (χ0n) is 22.3. The zero-order chi connectivity index (χ0) is 28.8. The number of ether oxygens (including phenoxy) is 2. The van der Waals surface area contributed by atoms with Crippen LogP contribution in [0.3, 0.4) is 0 Å². The van der Waals surface area contributed by atoms with Gasteiger partial charge in [-0.05, 0) is 42.5 Å². The van der Waals surface area contributed by atoms with Gasteiger partial charge in [0.1, 0.15) is 5.82 Å². The molecule has 3 heterocycles. The van der Waals surface area contributed by atoms with Crippen LogP contribution in [-0.4, -0.2) is 63.2 Å². The second-order valence-corrected chi connectivity index (χ2v) is 10.0. The number of aromatic nitrogens is 4. The number of carboxylic acid groups (broad SMARTS) is 1. The standard InChI is InChI=1S/C29H29FN6O5/c1-29(15-33-26(39)19-5-3-2-4-6-19)16-40-27(41-17-29)25-35-23(18-7-9-20(30)10-8-18)24(36-25)21-11-13-31-28(34-21)32-14-12-22(37)38/h2-11,13,27H,12,14-17H2,1H3,(H,33,39)(H,35,36)(H,37,38)(H,31,32,34). The van der Waals surface area contributed by atoms with Gasteiger partial charge in [-0.25, -0.2) is 19.3 Å². The first kappa shape index (κ1) is 27.9. The maximum absolute atomic E-state index is 13.7. The predicted molar refractivity (Wildman–Crippen MR) is 147 cm³/mol. The molecule has 0 spiro atoms. The number of rotatable bonds is 10. The minimum atomic E-state index is -0.937. The topological polar surface area (TPSA) is 151 Å². The third-order valence-electron chi connectivity index (χ3n) is 6.47. The van der Waals surface area contributed by atoms with E-state index in [1.807, 2.05) is 25.1 Å². The number of carboxylic acids is 1. The number of aliphatic carboxylic acids is 1. The van der Waals surface area contributed by atoms with E-state index in [-0.39, 0.29) is 30.6 Å². The summed E-state index contributed by atoms with van der Waals surface area (Å²) < 4.78 is 25.8. The first-order valence-corrected chi connectivity index (χ1v) is 13.0. The van der Waals surface area contributed by atoms with Crippen molar-refractivity contribution in [1.82, 2.24) is 25.3 Å². The Bertz CT molecular complexity index is 1500. The maximum atomic E-state index is 13.7. The van der Waals surface area contributed by atoms with Crippen LogP contribution < -0.4 is 10.6 Å². The molecule has 2 aromatic heterocycles. The lowest BCUT2D eigenvalue weighted by Gasteiger charge is -2.36. The number of benzene rings is 2. The average Bonchev–Trinajstić information content (AvgIpc) is 3.43. The molecule has 4 N–H and O–H groups in total. The van der Waals surface area contributed by atoms with Crippen molar-refractivity contribution in [2.45, 2.75) is 19.6 Å². The van der Waals surface area contributed by atoms with Crippen molar-refractivity contribution in [2.24, 2.45) is 5.41 Å². The molecule has 4 aromatic rings. The third-order valence-corrected chi connectivity index (χ3v) is 6.47. The lowest BCUT2D eigenvalue weighted by molar-refractivity contribution is -0.231. The minimum Gasteiger partial charge on any atom is -0.481 e. The van der Waals surface area contributed by atoms with Gasteiger partial charge in [0.2, 0.25) is 12.2 Å². The quantitative estimate of drug-likeness (QED) is 0.225. The van der Waals surface area contributed by atoms with E-state index < -0.39 is 17.7 Å². The molecule has 0 saturated carbocycles. The summed E-state index contributed by atoms with van der Waals surface area (Å²) in [6.07, 6.45) is 0.646. The number of amides is 1. The third kappa shape index (κ3) is 6.91. The highest BCUT2D eigenvalue weighted by Crippen LogP contribution is 2.35. The Morgan fingerprint density at radius 2 is 1.80 bits per heavy atom. The number of nitrogens with one attached hydrogen (secondary N) is 3. The van der Waals surface area contributed by atoms with Crippen LogP contribution in [-0.2, 0) is 14.3 Å². The van der Waals surface area contributed by atoms with E-state index in [1.54, 1.807) is 36.5 Å². The molecule has 1 saturated heterocycles. The fourth-order valence-corrected chi connectivity index (χ4v) is 4.26. The van der Waals surface area contributed by atoms with Gasteiger partial charge in [0.05, 0.1) is 36.7 Å². The molecule has 5 rings (SSSR count). The van der Waals surface area contributed by atoms with Gasteiger partial charge in [-0.3, -0.25) is 9.59 Å². The maximum Gasteiger partial charge on any atom is 0.305 e. The molecule has 1 aliphatic heterocycles. The van der Waals surface area contributed by atoms with E-state index in [4.69, 9.17) is 19.6 Å². The van der Waals surface area contributed by atoms with Crippen LogP contribution in [0.4, 0.5) is 10.3 Å². The lowest BCUT2D eigenvalue weighted by Crippen LogP contribution is -2.45. The van der Waals surface area contributed by atoms with Gasteiger partial charge in [0, 0.05) is 35.8 Å². The van der Waals surface area contributed by atoms with Gasteiger partial charge in [-0.1, -0.05) is 25.1 Å². The molecule has 12 heteroatoms. The van der Waals surface area contributed by atoms with E-state index in [9.17, 15) is 14.0 Å². The van der Waals surface area contributed by atoms with E-state index >= 15 is 0 Å². The summed E-state index contributed by atoms with van der Waals surface area (Å²) in [4.78, 5) is 40.0. The Hall–Kier alpha value is -4.68. The molecule has 2 aromatic carbocycles. The normalized spacial score (nSPS) is 18.5. The molecule has 0 aliphatic carbocycles. The molecule has 0 bridgehead atoms. The van der Waals surface area contributed by atoms with Crippen LogP contribution in [0, 0.1) is 11.2 Å². The second kappa shape index (κ2) is 12.2. The van der Waals surface area contributed by atoms with Gasteiger partial charge >= 0.3 is 5.97 Å². The number of halogens is 1. The molecular weight excluding hydrogens is 531 g/mol. The van der Waals surface area contributed by atoms with Crippen LogP contribution in [0.1, 0.15) is 35.8 Å². The molecule has 41 heavy (non-hydrogen) atoms. The first-order valence-electron chi connectivity index (χ1n) is 13.0. The fraction of sp³-hybridized carbons (Fsp3) is 0.276. The highest BCUT2D eigenvalue weighted by atomic mass is 19.1. The Morgan fingerprint density at radius 1 is 1.07 bits per heavy atom. The summed E-state index contributed by atoms with van der Waals surface area (Å²) in [6.45, 7) is 3.09. The second-order valence-electron chi connectivity index (χ2n) is 10.0. The largest absolute Gasteiger partial charge is 0.481 e. The fourth-order valence-electron chi connectivity index (χ4n) is 4.26. The Balaban J connectivity index is 1.33. The number of hydrogen-bond acceptors (Lipinski definition) is 8. The van der Waals surface area contributed by atoms with E-state index in [1.165, 1.54) is 12.1 Å². The van der Waals surface area contributed by atoms with Crippen molar-refractivity contribution in [1.29, 1.82) is 0 Å². The van der Waals surface area contributed by atoms with Crippen LogP contribution in [0.25, 0.3) is 22.6 Å². The number of carbonyl (C=O) groups is 2. The Labute approximate surface area is 235 Å². The summed E-state index contributed by atoms with van der Waals surface area (Å²) in [6, 6.07) is 16.6. The van der Waals surface area contributed by atoms with Crippen LogP contribution in [0.2, 0.25) is 0 Å². The molecule has 0 unspecified atom stereocenters. The van der Waals surface area contributed by atoms with Crippen LogP contribution in [0.15, 0.2) is 66.9 Å². The number of aromatic amines is 1. The first-order chi connectivity index (χ1) is 19.8. The van der Waals surface area contributed by atoms with Crippen molar-refractivity contribution in [3.05, 3.63) is 84.1 Å². The number of anilines is 1. The van der Waals surface area contributed by atoms with Gasteiger partial charge in [0.15, 0.2) is 5.82 Å². The van der Waals surface area contributed by atoms with Gasteiger partial charge < -0.3 is 30.2 Å². The number of H-pyrrole nitrogens is 1. The van der Waals surface area contributed by atoms with Crippen LogP contribution >= 0.6 is 0 Å². The SMILES string of the molecule is CC1(CNC(=O)c2ccccc2)COC(c2nc(-c3ccc(F)cc3)c(-c3ccnc(NCCC(=O)O)n3)[nH]2)OC1. The molecule has 1 aliphatic rings. The molecule has 212 valence electrons. The summed E-state index contributed by atoms with van der Waals surface area (Å²) in [7, 11) is 0. The highest BCUT2D eigenvalue weighted by molar-refractivity contribution is 5.94. The molecule has 1 fully saturated rings. The van der Waals surface area contributed by atoms with E-state index in [2.05, 4.69) is 25.6 Å². The number of hydrogen-bond donors (Lipinski definition) is 4.